The molecule has 1 fully saturated rings. The summed E-state index contributed by atoms with van der Waals surface area (Å²) in [6, 6.07) is 7.57. The number of para-hydroxylation sites is 1. The molecule has 1 saturated carbocycles. The molecule has 1 aliphatic rings. The Bertz CT molecular complexity index is 750. The maximum atomic E-state index is 12.7. The fourth-order valence-corrected chi connectivity index (χ4v) is 3.45. The summed E-state index contributed by atoms with van der Waals surface area (Å²) in [5.41, 5.74) is 3.32. The van der Waals surface area contributed by atoms with Crippen molar-refractivity contribution in [3.8, 4) is 5.75 Å². The second-order valence-corrected chi connectivity index (χ2v) is 7.34. The van der Waals surface area contributed by atoms with Gasteiger partial charge in [-0.05, 0) is 49.8 Å². The van der Waals surface area contributed by atoms with Crippen LogP contribution in [-0.2, 0) is 11.3 Å². The molecule has 1 aromatic rings. The highest BCUT2D eigenvalue weighted by Gasteiger charge is 2.15. The standard InChI is InChI=1S/C24H34N2O3/c1-3-4-15-25-22-13-8-6-5-7-11-19(22)16-21(18-27)24(28)26-17-20-12-9-10-14-23(20)29-2/h9-10,12,14,16,18,27H,3-8,11,13,15,17H2,1-2H3,(H,26,28). The first-order chi connectivity index (χ1) is 14.2. The van der Waals surface area contributed by atoms with Gasteiger partial charge in [0.15, 0.2) is 0 Å². The zero-order valence-electron chi connectivity index (χ0n) is 17.7. The van der Waals surface area contributed by atoms with Crippen LogP contribution in [0.4, 0.5) is 0 Å². The fourth-order valence-electron chi connectivity index (χ4n) is 3.45. The van der Waals surface area contributed by atoms with Gasteiger partial charge >= 0.3 is 0 Å². The summed E-state index contributed by atoms with van der Waals surface area (Å²) in [4.78, 5) is 17.5. The number of unbranched alkanes of at least 4 members (excludes halogenated alkanes) is 1. The number of nitrogens with zero attached hydrogens (tertiary/aromatic N) is 1. The summed E-state index contributed by atoms with van der Waals surface area (Å²) < 4.78 is 5.33. The number of nitrogens with one attached hydrogen (secondary N) is 1. The van der Waals surface area contributed by atoms with Crippen LogP contribution >= 0.6 is 0 Å². The maximum absolute atomic E-state index is 12.7. The van der Waals surface area contributed by atoms with Crippen molar-refractivity contribution >= 4 is 11.6 Å². The molecule has 2 N–H and O–H groups in total. The molecule has 5 nitrogen and oxygen atoms in total. The zero-order valence-corrected chi connectivity index (χ0v) is 17.7. The van der Waals surface area contributed by atoms with Gasteiger partial charge in [0.05, 0.1) is 18.9 Å². The quantitative estimate of drug-likeness (QED) is 0.356. The van der Waals surface area contributed by atoms with E-state index in [4.69, 9.17) is 9.73 Å². The molecule has 0 saturated heterocycles. The van der Waals surface area contributed by atoms with Gasteiger partial charge in [0, 0.05) is 24.4 Å². The number of aliphatic hydroxyl groups is 1. The molecule has 1 aromatic carbocycles. The molecule has 0 atom stereocenters. The number of benzene rings is 1. The highest BCUT2D eigenvalue weighted by atomic mass is 16.5. The van der Waals surface area contributed by atoms with E-state index < -0.39 is 0 Å². The first-order valence-electron chi connectivity index (χ1n) is 10.7. The number of aliphatic hydroxyl groups excluding tert-OH is 1. The maximum Gasteiger partial charge on any atom is 0.254 e. The smallest absolute Gasteiger partial charge is 0.254 e. The Balaban J connectivity index is 2.13. The first-order valence-corrected chi connectivity index (χ1v) is 10.7. The van der Waals surface area contributed by atoms with Crippen LogP contribution in [0.3, 0.4) is 0 Å². The number of rotatable bonds is 8. The van der Waals surface area contributed by atoms with E-state index in [9.17, 15) is 9.90 Å². The molecular formula is C24H34N2O3. The molecular weight excluding hydrogens is 364 g/mol. The number of aliphatic imine (C=N–C) groups is 1. The molecule has 0 aliphatic heterocycles. The largest absolute Gasteiger partial charge is 0.515 e. The van der Waals surface area contributed by atoms with Gasteiger partial charge in [0.1, 0.15) is 5.75 Å². The van der Waals surface area contributed by atoms with E-state index in [2.05, 4.69) is 12.2 Å². The van der Waals surface area contributed by atoms with Crippen molar-refractivity contribution in [2.75, 3.05) is 13.7 Å². The van der Waals surface area contributed by atoms with E-state index >= 15 is 0 Å². The average Bonchev–Trinajstić information content (AvgIpc) is 2.73. The second kappa shape index (κ2) is 12.8. The summed E-state index contributed by atoms with van der Waals surface area (Å²) in [6.07, 6.45) is 11.3. The lowest BCUT2D eigenvalue weighted by atomic mass is 9.92. The third kappa shape index (κ3) is 7.41. The number of ether oxygens (including phenoxy) is 1. The minimum Gasteiger partial charge on any atom is -0.515 e. The van der Waals surface area contributed by atoms with E-state index in [0.29, 0.717) is 6.54 Å². The summed E-state index contributed by atoms with van der Waals surface area (Å²) in [6.45, 7) is 3.32. The Morgan fingerprint density at radius 1 is 1.21 bits per heavy atom. The van der Waals surface area contributed by atoms with Crippen molar-refractivity contribution in [1.29, 1.82) is 0 Å². The lowest BCUT2D eigenvalue weighted by Gasteiger charge is -2.16. The summed E-state index contributed by atoms with van der Waals surface area (Å²) in [5, 5.41) is 12.6. The number of amides is 1. The lowest BCUT2D eigenvalue weighted by Crippen LogP contribution is -2.24. The van der Waals surface area contributed by atoms with Gasteiger partial charge in [-0.1, -0.05) is 44.4 Å². The van der Waals surface area contributed by atoms with Gasteiger partial charge in [-0.25, -0.2) is 0 Å². The minimum absolute atomic E-state index is 0.263. The summed E-state index contributed by atoms with van der Waals surface area (Å²) in [5.74, 6) is 0.423. The van der Waals surface area contributed by atoms with E-state index in [1.165, 1.54) is 12.8 Å². The normalized spacial score (nSPS) is 18.3. The topological polar surface area (TPSA) is 70.9 Å². The van der Waals surface area contributed by atoms with Gasteiger partial charge in [-0.2, -0.15) is 0 Å². The van der Waals surface area contributed by atoms with E-state index in [0.717, 1.165) is 73.9 Å². The number of carbonyl (C=O) groups is 1. The second-order valence-electron chi connectivity index (χ2n) is 7.34. The van der Waals surface area contributed by atoms with E-state index in [1.807, 2.05) is 30.3 Å². The number of hydrogen-bond acceptors (Lipinski definition) is 4. The molecule has 0 radical (unpaired) electrons. The Labute approximate surface area is 174 Å². The summed E-state index contributed by atoms with van der Waals surface area (Å²) in [7, 11) is 1.61. The third-order valence-electron chi connectivity index (χ3n) is 5.16. The van der Waals surface area contributed by atoms with E-state index in [1.54, 1.807) is 7.11 Å². The van der Waals surface area contributed by atoms with Crippen LogP contribution in [0.1, 0.15) is 63.9 Å². The molecule has 1 amide bonds. The SMILES string of the molecule is CCCCN=C1CCCCCCC1=CC(=CO)C(=O)NCc1ccccc1OC. The van der Waals surface area contributed by atoms with Gasteiger partial charge < -0.3 is 15.2 Å². The average molecular weight is 399 g/mol. The highest BCUT2D eigenvalue weighted by molar-refractivity contribution is 6.04. The van der Waals surface area contributed by atoms with Crippen molar-refractivity contribution in [2.24, 2.45) is 4.99 Å². The number of methoxy groups -OCH3 is 1. The van der Waals surface area contributed by atoms with Gasteiger partial charge in [-0.15, -0.1) is 0 Å². The first kappa shape index (κ1) is 22.7. The number of hydrogen-bond donors (Lipinski definition) is 2. The van der Waals surface area contributed by atoms with Crippen molar-refractivity contribution in [2.45, 2.75) is 64.8 Å². The molecule has 0 heterocycles. The molecule has 5 heteroatoms. The van der Waals surface area contributed by atoms with Crippen LogP contribution in [0.15, 0.2) is 52.7 Å². The molecule has 158 valence electrons. The van der Waals surface area contributed by atoms with Crippen LogP contribution in [0.5, 0.6) is 5.75 Å². The van der Waals surface area contributed by atoms with Crippen molar-refractivity contribution in [1.82, 2.24) is 5.32 Å². The molecule has 29 heavy (non-hydrogen) atoms. The Hall–Kier alpha value is -2.56. The predicted molar refractivity (Wildman–Crippen MR) is 119 cm³/mol. The monoisotopic (exact) mass is 398 g/mol. The Morgan fingerprint density at radius 2 is 1.97 bits per heavy atom. The van der Waals surface area contributed by atoms with Crippen LogP contribution in [0, 0.1) is 0 Å². The fraction of sp³-hybridized carbons (Fsp3) is 0.500. The van der Waals surface area contributed by atoms with Crippen molar-refractivity contribution < 1.29 is 14.6 Å². The van der Waals surface area contributed by atoms with Gasteiger partial charge in [-0.3, -0.25) is 9.79 Å². The van der Waals surface area contributed by atoms with Crippen LogP contribution in [-0.4, -0.2) is 30.4 Å². The molecule has 0 aromatic heterocycles. The molecule has 1 aliphatic carbocycles. The van der Waals surface area contributed by atoms with Gasteiger partial charge in [0.25, 0.3) is 5.91 Å². The minimum atomic E-state index is -0.305. The number of carbonyl (C=O) groups excluding carboxylic acids is 1. The van der Waals surface area contributed by atoms with Crippen molar-refractivity contribution in [3.05, 3.63) is 53.3 Å². The lowest BCUT2D eigenvalue weighted by molar-refractivity contribution is -0.117. The van der Waals surface area contributed by atoms with E-state index in [-0.39, 0.29) is 11.5 Å². The zero-order chi connectivity index (χ0) is 20.9. The van der Waals surface area contributed by atoms with Crippen LogP contribution < -0.4 is 10.1 Å². The highest BCUT2D eigenvalue weighted by Crippen LogP contribution is 2.22. The number of allylic oxidation sites excluding steroid dienone is 1. The molecule has 0 unspecified atom stereocenters. The Morgan fingerprint density at radius 3 is 2.69 bits per heavy atom. The predicted octanol–water partition coefficient (Wildman–Crippen LogP) is 5.28. The van der Waals surface area contributed by atoms with Gasteiger partial charge in [0.2, 0.25) is 0 Å². The van der Waals surface area contributed by atoms with Crippen LogP contribution in [0.2, 0.25) is 0 Å². The van der Waals surface area contributed by atoms with Crippen LogP contribution in [0.25, 0.3) is 0 Å². The molecule has 2 rings (SSSR count). The van der Waals surface area contributed by atoms with Crippen molar-refractivity contribution in [3.63, 3.8) is 0 Å². The molecule has 0 spiro atoms. The third-order valence-corrected chi connectivity index (χ3v) is 5.16. The summed E-state index contributed by atoms with van der Waals surface area (Å²) >= 11 is 0. The molecule has 0 bridgehead atoms. The Kier molecular flexibility index (Phi) is 10.0.